The Morgan fingerprint density at radius 2 is 1.00 bits per heavy atom. The molecule has 0 aliphatic heterocycles. The van der Waals surface area contributed by atoms with Crippen LogP contribution in [-0.2, 0) is 5.41 Å². The van der Waals surface area contributed by atoms with Crippen molar-refractivity contribution < 1.29 is 0 Å². The van der Waals surface area contributed by atoms with Gasteiger partial charge in [0.1, 0.15) is 0 Å². The first-order chi connectivity index (χ1) is 26.1. The van der Waals surface area contributed by atoms with Gasteiger partial charge in [-0.15, -0.1) is 0 Å². The molecule has 1 aliphatic carbocycles. The molecule has 0 saturated heterocycles. The first kappa shape index (κ1) is 30.0. The topological polar surface area (TPSA) is 7.65 Å². The first-order valence-electron chi connectivity index (χ1n) is 18.5. The summed E-state index contributed by atoms with van der Waals surface area (Å²) in [5, 5.41) is 5.19. The van der Waals surface area contributed by atoms with Gasteiger partial charge in [0.15, 0.2) is 0 Å². The summed E-state index contributed by atoms with van der Waals surface area (Å²) in [5.41, 5.74) is 17.3. The molecule has 250 valence electrons. The Balaban J connectivity index is 1.13. The zero-order valence-corrected chi connectivity index (χ0v) is 29.7. The van der Waals surface area contributed by atoms with E-state index in [-0.39, 0.29) is 5.41 Å². The molecule has 0 fully saturated rings. The van der Waals surface area contributed by atoms with Gasteiger partial charge in [-0.25, -0.2) is 0 Å². The zero-order chi connectivity index (χ0) is 35.3. The predicted octanol–water partition coefficient (Wildman–Crippen LogP) is 13.9. The van der Waals surface area contributed by atoms with Crippen molar-refractivity contribution in [3.63, 3.8) is 0 Å². The third-order valence-electron chi connectivity index (χ3n) is 11.7. The van der Waals surface area contributed by atoms with Crippen LogP contribution < -0.4 is 4.90 Å². The highest BCUT2D eigenvalue weighted by atomic mass is 15.1. The summed E-state index contributed by atoms with van der Waals surface area (Å²) in [7, 11) is 0. The fraction of sp³-hybridized carbons (Fsp3) is 0.0588. The Labute approximate surface area is 309 Å². The summed E-state index contributed by atoms with van der Waals surface area (Å²) in [5.74, 6) is 0. The van der Waals surface area contributed by atoms with E-state index in [2.05, 4.69) is 205 Å². The molecular weight excluding hydrogens is 641 g/mol. The minimum absolute atomic E-state index is 0.107. The molecule has 2 heterocycles. The molecule has 2 heteroatoms. The van der Waals surface area contributed by atoms with Crippen LogP contribution in [-0.4, -0.2) is 4.40 Å². The van der Waals surface area contributed by atoms with Crippen molar-refractivity contribution in [3.05, 3.63) is 193 Å². The second-order valence-corrected chi connectivity index (χ2v) is 15.0. The van der Waals surface area contributed by atoms with Gasteiger partial charge in [0, 0.05) is 43.9 Å². The van der Waals surface area contributed by atoms with Crippen LogP contribution in [0.4, 0.5) is 17.1 Å². The molecule has 10 aromatic rings. The second-order valence-electron chi connectivity index (χ2n) is 15.0. The lowest BCUT2D eigenvalue weighted by Gasteiger charge is -2.30. The molecule has 0 bridgehead atoms. The average Bonchev–Trinajstić information content (AvgIpc) is 3.81. The van der Waals surface area contributed by atoms with Crippen molar-refractivity contribution in [3.8, 4) is 33.4 Å². The van der Waals surface area contributed by atoms with Gasteiger partial charge in [0.25, 0.3) is 0 Å². The summed E-state index contributed by atoms with van der Waals surface area (Å²) in [4.78, 5) is 2.45. The van der Waals surface area contributed by atoms with E-state index in [4.69, 9.17) is 0 Å². The van der Waals surface area contributed by atoms with Crippen LogP contribution in [0.25, 0.3) is 71.5 Å². The largest absolute Gasteiger partial charge is 0.310 e. The van der Waals surface area contributed by atoms with E-state index < -0.39 is 0 Å². The Morgan fingerprint density at radius 1 is 0.396 bits per heavy atom. The zero-order valence-electron chi connectivity index (χ0n) is 29.7. The van der Waals surface area contributed by atoms with E-state index in [0.29, 0.717) is 0 Å². The molecule has 0 radical (unpaired) electrons. The number of para-hydroxylation sites is 3. The van der Waals surface area contributed by atoms with Crippen LogP contribution in [0.5, 0.6) is 0 Å². The Kier molecular flexibility index (Phi) is 6.33. The van der Waals surface area contributed by atoms with Crippen molar-refractivity contribution in [2.24, 2.45) is 0 Å². The fourth-order valence-electron chi connectivity index (χ4n) is 9.20. The maximum absolute atomic E-state index is 2.47. The highest BCUT2D eigenvalue weighted by Gasteiger charge is 2.36. The maximum atomic E-state index is 2.47. The van der Waals surface area contributed by atoms with Crippen LogP contribution in [0.15, 0.2) is 182 Å². The van der Waals surface area contributed by atoms with E-state index >= 15 is 0 Å². The highest BCUT2D eigenvalue weighted by molar-refractivity contribution is 6.23. The van der Waals surface area contributed by atoms with E-state index in [1.807, 2.05) is 0 Å². The first-order valence-corrected chi connectivity index (χ1v) is 18.5. The Morgan fingerprint density at radius 3 is 1.83 bits per heavy atom. The summed E-state index contributed by atoms with van der Waals surface area (Å²) in [6.07, 6.45) is 0. The number of aromatic nitrogens is 1. The molecule has 53 heavy (non-hydrogen) atoms. The maximum Gasteiger partial charge on any atom is 0.0620 e. The quantitative estimate of drug-likeness (QED) is 0.176. The predicted molar refractivity (Wildman–Crippen MR) is 224 cm³/mol. The standard InChI is InChI=1S/C51H36N2/c1-51(2)45-20-9-6-16-39(45)40-30-28-37(32-46(40)51)52(36-26-23-34(24-27-36)33-13-4-3-5-14-33)47-21-10-7-15-38(47)35-25-29-42-44-19-12-18-43-41-17-8-11-22-48(41)53(50(43)44)49(42)31-35/h3-32H,1-2H3. The molecule has 2 nitrogen and oxygen atoms in total. The summed E-state index contributed by atoms with van der Waals surface area (Å²) >= 11 is 0. The minimum atomic E-state index is -0.107. The normalized spacial score (nSPS) is 13.2. The monoisotopic (exact) mass is 676 g/mol. The molecule has 2 aromatic heterocycles. The van der Waals surface area contributed by atoms with E-state index in [0.717, 1.165) is 17.1 Å². The SMILES string of the molecule is CC1(C)c2ccccc2-c2ccc(N(c3ccc(-c4ccccc4)cc3)c3ccccc3-c3ccc4c5cccc6c7ccccc7n(c4c3)c65)cc21. The molecule has 1 aliphatic rings. The Bertz CT molecular complexity index is 3020. The van der Waals surface area contributed by atoms with Crippen LogP contribution in [0.1, 0.15) is 25.0 Å². The molecule has 11 rings (SSSR count). The van der Waals surface area contributed by atoms with E-state index in [1.165, 1.54) is 82.6 Å². The third-order valence-corrected chi connectivity index (χ3v) is 11.7. The second kappa shape index (κ2) is 11.2. The van der Waals surface area contributed by atoms with Gasteiger partial charge in [0.2, 0.25) is 0 Å². The van der Waals surface area contributed by atoms with Gasteiger partial charge < -0.3 is 9.30 Å². The van der Waals surface area contributed by atoms with Gasteiger partial charge >= 0.3 is 0 Å². The fourth-order valence-corrected chi connectivity index (χ4v) is 9.20. The number of fused-ring (bicyclic) bond motifs is 9. The van der Waals surface area contributed by atoms with Crippen LogP contribution in [0.3, 0.4) is 0 Å². The van der Waals surface area contributed by atoms with Gasteiger partial charge in [-0.2, -0.15) is 0 Å². The number of hydrogen-bond acceptors (Lipinski definition) is 1. The van der Waals surface area contributed by atoms with Crippen molar-refractivity contribution in [2.45, 2.75) is 19.3 Å². The lowest BCUT2D eigenvalue weighted by molar-refractivity contribution is 0.660. The molecule has 8 aromatic carbocycles. The molecular formula is C51H36N2. The van der Waals surface area contributed by atoms with Crippen molar-refractivity contribution >= 4 is 55.2 Å². The number of nitrogens with zero attached hydrogens (tertiary/aromatic N) is 2. The highest BCUT2D eigenvalue weighted by Crippen LogP contribution is 2.51. The molecule has 0 atom stereocenters. The van der Waals surface area contributed by atoms with Crippen LogP contribution >= 0.6 is 0 Å². The van der Waals surface area contributed by atoms with Gasteiger partial charge in [-0.3, -0.25) is 0 Å². The molecule has 0 unspecified atom stereocenters. The lowest BCUT2D eigenvalue weighted by Crippen LogP contribution is -2.16. The molecule has 0 N–H and O–H groups in total. The van der Waals surface area contributed by atoms with Crippen LogP contribution in [0, 0.1) is 0 Å². The van der Waals surface area contributed by atoms with Crippen molar-refractivity contribution in [1.29, 1.82) is 0 Å². The third kappa shape index (κ3) is 4.33. The van der Waals surface area contributed by atoms with Gasteiger partial charge in [-0.1, -0.05) is 153 Å². The van der Waals surface area contributed by atoms with E-state index in [1.54, 1.807) is 0 Å². The van der Waals surface area contributed by atoms with Gasteiger partial charge in [-0.05, 0) is 81.4 Å². The number of anilines is 3. The van der Waals surface area contributed by atoms with E-state index in [9.17, 15) is 0 Å². The van der Waals surface area contributed by atoms with Crippen molar-refractivity contribution in [2.75, 3.05) is 4.90 Å². The Hall–Kier alpha value is -6.64. The molecule has 0 spiro atoms. The number of hydrogen-bond donors (Lipinski definition) is 0. The molecule has 0 amide bonds. The summed E-state index contributed by atoms with van der Waals surface area (Å²) in [6.45, 7) is 4.72. The number of rotatable bonds is 5. The smallest absolute Gasteiger partial charge is 0.0620 e. The summed E-state index contributed by atoms with van der Waals surface area (Å²) in [6, 6.07) is 67.1. The average molecular weight is 677 g/mol. The minimum Gasteiger partial charge on any atom is -0.310 e. The lowest BCUT2D eigenvalue weighted by atomic mass is 9.82. The summed E-state index contributed by atoms with van der Waals surface area (Å²) < 4.78 is 2.47. The number of benzene rings is 8. The van der Waals surface area contributed by atoms with Crippen molar-refractivity contribution in [1.82, 2.24) is 4.40 Å². The molecule has 0 saturated carbocycles. The van der Waals surface area contributed by atoms with Gasteiger partial charge in [0.05, 0.1) is 22.2 Å². The van der Waals surface area contributed by atoms with Crippen LogP contribution in [0.2, 0.25) is 0 Å².